The van der Waals surface area contributed by atoms with Gasteiger partial charge in [-0.1, -0.05) is 0 Å². The molecule has 7 N–H and O–H groups in total. The van der Waals surface area contributed by atoms with Crippen LogP contribution >= 0.6 is 0 Å². The molecule has 1 aliphatic heterocycles. The second-order valence-electron chi connectivity index (χ2n) is 7.23. The quantitative estimate of drug-likeness (QED) is 0.223. The highest BCUT2D eigenvalue weighted by Gasteiger charge is 2.40. The summed E-state index contributed by atoms with van der Waals surface area (Å²) in [6.45, 7) is -0.310. The lowest BCUT2D eigenvalue weighted by molar-refractivity contribution is -0.242. The molecule has 2 aromatic carbocycles. The third-order valence-corrected chi connectivity index (χ3v) is 5.05. The molecule has 11 nitrogen and oxygen atoms in total. The minimum Gasteiger partial charge on any atom is -0.507 e. The lowest BCUT2D eigenvalue weighted by Gasteiger charge is -2.34. The summed E-state index contributed by atoms with van der Waals surface area (Å²) in [7, 11) is 1.28. The molecule has 0 bridgehead atoms. The summed E-state index contributed by atoms with van der Waals surface area (Å²) in [4.78, 5) is 0. The first-order valence-corrected chi connectivity index (χ1v) is 9.45. The van der Waals surface area contributed by atoms with Gasteiger partial charge in [0.05, 0.1) is 25.3 Å². The number of hydrogen-bond acceptors (Lipinski definition) is 10. The highest BCUT2D eigenvalue weighted by Crippen LogP contribution is 2.45. The molecule has 0 radical (unpaired) electrons. The van der Waals surface area contributed by atoms with Crippen molar-refractivity contribution in [3.8, 4) is 45.8 Å². The van der Waals surface area contributed by atoms with Crippen LogP contribution in [0.3, 0.4) is 0 Å². The zero-order valence-electron chi connectivity index (χ0n) is 16.7. The maximum atomic E-state index is 10.2. The van der Waals surface area contributed by atoms with Crippen molar-refractivity contribution in [2.45, 2.75) is 24.6 Å². The Morgan fingerprint density at radius 3 is 2.38 bits per heavy atom. The third kappa shape index (κ3) is 3.78. The van der Waals surface area contributed by atoms with E-state index in [-0.39, 0.29) is 51.9 Å². The zero-order chi connectivity index (χ0) is 23.2. The van der Waals surface area contributed by atoms with E-state index >= 15 is 0 Å². The van der Waals surface area contributed by atoms with Crippen molar-refractivity contribution in [3.05, 3.63) is 30.3 Å². The van der Waals surface area contributed by atoms with Crippen molar-refractivity contribution in [1.82, 2.24) is 0 Å². The van der Waals surface area contributed by atoms with Gasteiger partial charge in [-0.3, -0.25) is 0 Å². The Labute approximate surface area is 180 Å². The summed E-state index contributed by atoms with van der Waals surface area (Å²) in [5.41, 5.74) is 0.222. The van der Waals surface area contributed by atoms with Gasteiger partial charge in [-0.05, 0) is 0 Å². The fraction of sp³-hybridized carbons (Fsp3) is 0.286. The molecule has 0 aliphatic carbocycles. The Morgan fingerprint density at radius 2 is 1.66 bits per heavy atom. The minimum absolute atomic E-state index is 0.0486. The molecule has 3 aromatic rings. The fourth-order valence-corrected chi connectivity index (χ4v) is 3.36. The maximum Gasteiger partial charge on any atom is 0.402 e. The topological polar surface area (TPSA) is 181 Å². The Bertz CT molecular complexity index is 1160. The number of phenols is 4. The molecule has 1 fully saturated rings. The Hall–Kier alpha value is -3.51. The van der Waals surface area contributed by atoms with E-state index in [4.69, 9.17) is 18.6 Å². The third-order valence-electron chi connectivity index (χ3n) is 5.05. The van der Waals surface area contributed by atoms with Gasteiger partial charge in [0.2, 0.25) is 17.8 Å². The van der Waals surface area contributed by atoms with Gasteiger partial charge in [-0.25, -0.2) is 4.42 Å². The average Bonchev–Trinajstić information content (AvgIpc) is 2.75. The lowest BCUT2D eigenvalue weighted by Crippen LogP contribution is -2.54. The second kappa shape index (κ2) is 8.20. The summed E-state index contributed by atoms with van der Waals surface area (Å²) in [6, 6.07) is 6.17. The molecular weight excluding hydrogens is 428 g/mol. The largest absolute Gasteiger partial charge is 0.507 e. The van der Waals surface area contributed by atoms with Crippen LogP contribution in [0, 0.1) is 0 Å². The number of fused-ring (bicyclic) bond motifs is 1. The molecule has 4 atom stereocenters. The van der Waals surface area contributed by atoms with Crippen LogP contribution in [-0.2, 0) is 4.74 Å². The van der Waals surface area contributed by atoms with Crippen LogP contribution < -0.4 is 9.47 Å². The first-order valence-electron chi connectivity index (χ1n) is 9.45. The summed E-state index contributed by atoms with van der Waals surface area (Å²) in [6.07, 6.45) is -5.86. The van der Waals surface area contributed by atoms with Gasteiger partial charge in [0, 0.05) is 24.3 Å². The van der Waals surface area contributed by atoms with Gasteiger partial charge < -0.3 is 50.0 Å². The van der Waals surface area contributed by atoms with Crippen molar-refractivity contribution in [3.63, 3.8) is 0 Å². The van der Waals surface area contributed by atoms with Crippen LogP contribution in [0.4, 0.5) is 0 Å². The van der Waals surface area contributed by atoms with Crippen LogP contribution in [0.25, 0.3) is 22.3 Å². The van der Waals surface area contributed by atoms with Crippen LogP contribution in [0.1, 0.15) is 0 Å². The van der Waals surface area contributed by atoms with E-state index in [0.717, 1.165) is 12.1 Å². The van der Waals surface area contributed by atoms with Crippen LogP contribution in [0.2, 0.25) is 0 Å². The van der Waals surface area contributed by atoms with Crippen LogP contribution in [0.15, 0.2) is 34.7 Å². The molecule has 1 aromatic heterocycles. The van der Waals surface area contributed by atoms with Gasteiger partial charge in [0.15, 0.2) is 11.5 Å². The van der Waals surface area contributed by atoms with Gasteiger partial charge in [0.25, 0.3) is 0 Å². The minimum atomic E-state index is -1.61. The first kappa shape index (κ1) is 21.7. The molecule has 1 saturated heterocycles. The molecule has 2 heterocycles. The Morgan fingerprint density at radius 1 is 0.906 bits per heavy atom. The second-order valence-corrected chi connectivity index (χ2v) is 7.23. The number of aliphatic hydroxyl groups excluding tert-OH is 3. The van der Waals surface area contributed by atoms with E-state index < -0.39 is 36.1 Å². The van der Waals surface area contributed by atoms with E-state index in [2.05, 4.69) is 0 Å². The number of phenolic OH excluding ortho intramolecular Hbond substituents is 4. The number of hydrogen-bond donors (Lipinski definition) is 7. The number of benzene rings is 2. The fourth-order valence-electron chi connectivity index (χ4n) is 3.36. The summed E-state index contributed by atoms with van der Waals surface area (Å²) in [5, 5.41) is 70.0. The van der Waals surface area contributed by atoms with Gasteiger partial charge in [0.1, 0.15) is 35.2 Å². The average molecular weight is 449 g/mol. The standard InChI is InChI=1S/C21H20O11/c1-29-15-3-8(2-12(24)17(15)26)20-16(32-21-19(28)18(27)13(25)7-30-21)6-10-11(23)4-9(22)5-14(10)31-20/h2-6,13,18-19,21,25,27-28H,7H2,1H3,(H3-,22,23,24,26)/p+1/t13-,18-,19+,21+/m1/s1. The van der Waals surface area contributed by atoms with Gasteiger partial charge in [-0.2, -0.15) is 0 Å². The van der Waals surface area contributed by atoms with Crippen molar-refractivity contribution in [1.29, 1.82) is 0 Å². The van der Waals surface area contributed by atoms with E-state index in [1.807, 2.05) is 0 Å². The smallest absolute Gasteiger partial charge is 0.402 e. The summed E-state index contributed by atoms with van der Waals surface area (Å²) >= 11 is 0. The molecule has 32 heavy (non-hydrogen) atoms. The SMILES string of the molecule is COc1cc(-c2[o+]c3cc(O)cc(O)c3cc2O[C@@H]2OC[C@@H](O)[C@@H](O)[C@@H]2O)cc(O)c1O. The van der Waals surface area contributed by atoms with Gasteiger partial charge in [-0.15, -0.1) is 0 Å². The van der Waals surface area contributed by atoms with Crippen LogP contribution in [0.5, 0.6) is 34.5 Å². The first-order chi connectivity index (χ1) is 15.2. The summed E-state index contributed by atoms with van der Waals surface area (Å²) in [5.74, 6) is -1.83. The summed E-state index contributed by atoms with van der Waals surface area (Å²) < 4.78 is 21.9. The van der Waals surface area contributed by atoms with Gasteiger partial charge >= 0.3 is 11.3 Å². The molecule has 0 unspecified atom stereocenters. The van der Waals surface area contributed by atoms with Crippen molar-refractivity contribution >= 4 is 11.0 Å². The highest BCUT2D eigenvalue weighted by atomic mass is 16.7. The monoisotopic (exact) mass is 449 g/mol. The van der Waals surface area contributed by atoms with E-state index in [1.165, 1.54) is 25.3 Å². The maximum absolute atomic E-state index is 10.2. The van der Waals surface area contributed by atoms with E-state index in [1.54, 1.807) is 0 Å². The highest BCUT2D eigenvalue weighted by molar-refractivity contribution is 5.88. The molecule has 0 amide bonds. The predicted octanol–water partition coefficient (Wildman–Crippen LogP) is 1.03. The van der Waals surface area contributed by atoms with E-state index in [9.17, 15) is 35.7 Å². The van der Waals surface area contributed by atoms with Crippen molar-refractivity contribution < 1.29 is 54.4 Å². The predicted molar refractivity (Wildman–Crippen MR) is 108 cm³/mol. The number of methoxy groups -OCH3 is 1. The molecule has 11 heteroatoms. The van der Waals surface area contributed by atoms with Crippen molar-refractivity contribution in [2.75, 3.05) is 13.7 Å². The molecule has 0 spiro atoms. The molecule has 170 valence electrons. The normalized spacial score (nSPS) is 23.2. The Balaban J connectivity index is 1.88. The zero-order valence-corrected chi connectivity index (χ0v) is 16.7. The number of aromatic hydroxyl groups is 4. The van der Waals surface area contributed by atoms with Crippen LogP contribution in [-0.4, -0.2) is 74.1 Å². The van der Waals surface area contributed by atoms with E-state index in [0.29, 0.717) is 0 Å². The molecule has 4 rings (SSSR count). The number of ether oxygens (including phenoxy) is 3. The molecular formula is C21H21O11+. The Kier molecular flexibility index (Phi) is 5.57. The van der Waals surface area contributed by atoms with Crippen molar-refractivity contribution in [2.24, 2.45) is 0 Å². The number of aliphatic hydroxyl groups is 3. The lowest BCUT2D eigenvalue weighted by atomic mass is 10.1. The number of rotatable bonds is 4. The molecule has 1 aliphatic rings. The molecule has 0 saturated carbocycles.